The second kappa shape index (κ2) is 7.70. The zero-order valence-electron chi connectivity index (χ0n) is 11.7. The molecule has 0 spiro atoms. The van der Waals surface area contributed by atoms with Gasteiger partial charge in [-0.15, -0.1) is 0 Å². The standard InChI is InChI=1S/C14H28N2O/c1-4-10-16(13-8-7-9-15-11-13)14(17)12(5-2)6-3/h12-13,15H,4-11H2,1-3H3. The molecule has 1 amide bonds. The van der Waals surface area contributed by atoms with Gasteiger partial charge >= 0.3 is 0 Å². The van der Waals surface area contributed by atoms with Gasteiger partial charge in [0.1, 0.15) is 0 Å². The van der Waals surface area contributed by atoms with Gasteiger partial charge in [0, 0.05) is 25.0 Å². The summed E-state index contributed by atoms with van der Waals surface area (Å²) >= 11 is 0. The van der Waals surface area contributed by atoms with E-state index in [2.05, 4.69) is 31.0 Å². The molecule has 3 nitrogen and oxygen atoms in total. The number of hydrogen-bond acceptors (Lipinski definition) is 2. The van der Waals surface area contributed by atoms with Crippen LogP contribution in [0.2, 0.25) is 0 Å². The van der Waals surface area contributed by atoms with Crippen molar-refractivity contribution in [3.63, 3.8) is 0 Å². The molecule has 1 fully saturated rings. The summed E-state index contributed by atoms with van der Waals surface area (Å²) in [7, 11) is 0. The highest BCUT2D eigenvalue weighted by Gasteiger charge is 2.28. The summed E-state index contributed by atoms with van der Waals surface area (Å²) in [6, 6.07) is 0.428. The fourth-order valence-electron chi connectivity index (χ4n) is 2.69. The molecular formula is C14H28N2O. The van der Waals surface area contributed by atoms with E-state index >= 15 is 0 Å². The van der Waals surface area contributed by atoms with Crippen molar-refractivity contribution < 1.29 is 4.79 Å². The molecule has 0 aromatic carbocycles. The van der Waals surface area contributed by atoms with E-state index in [4.69, 9.17) is 0 Å². The first kappa shape index (κ1) is 14.5. The van der Waals surface area contributed by atoms with Crippen molar-refractivity contribution in [2.45, 2.75) is 58.9 Å². The Kier molecular flexibility index (Phi) is 6.56. The Morgan fingerprint density at radius 1 is 1.35 bits per heavy atom. The smallest absolute Gasteiger partial charge is 0.225 e. The first-order valence-electron chi connectivity index (χ1n) is 7.25. The number of piperidine rings is 1. The predicted molar refractivity (Wildman–Crippen MR) is 72.0 cm³/mol. The fraction of sp³-hybridized carbons (Fsp3) is 0.929. The average Bonchev–Trinajstić information content (AvgIpc) is 2.38. The lowest BCUT2D eigenvalue weighted by atomic mass is 9.98. The Hall–Kier alpha value is -0.570. The maximum atomic E-state index is 12.5. The quantitative estimate of drug-likeness (QED) is 0.773. The molecule has 0 aliphatic carbocycles. The molecule has 0 bridgehead atoms. The van der Waals surface area contributed by atoms with Crippen LogP contribution >= 0.6 is 0 Å². The topological polar surface area (TPSA) is 32.3 Å². The van der Waals surface area contributed by atoms with Crippen LogP contribution in [0.3, 0.4) is 0 Å². The van der Waals surface area contributed by atoms with Crippen LogP contribution in [0.25, 0.3) is 0 Å². The van der Waals surface area contributed by atoms with Crippen LogP contribution in [0.15, 0.2) is 0 Å². The van der Waals surface area contributed by atoms with Gasteiger partial charge in [0.15, 0.2) is 0 Å². The van der Waals surface area contributed by atoms with E-state index in [9.17, 15) is 4.79 Å². The highest BCUT2D eigenvalue weighted by molar-refractivity contribution is 5.79. The highest BCUT2D eigenvalue weighted by Crippen LogP contribution is 2.18. The average molecular weight is 240 g/mol. The van der Waals surface area contributed by atoms with E-state index in [0.29, 0.717) is 11.9 Å². The van der Waals surface area contributed by atoms with Gasteiger partial charge in [-0.3, -0.25) is 4.79 Å². The lowest BCUT2D eigenvalue weighted by molar-refractivity contribution is -0.138. The van der Waals surface area contributed by atoms with E-state index in [1.165, 1.54) is 12.8 Å². The molecule has 1 aliphatic heterocycles. The summed E-state index contributed by atoms with van der Waals surface area (Å²) in [6.45, 7) is 9.40. The number of hydrogen-bond donors (Lipinski definition) is 1. The second-order valence-corrected chi connectivity index (χ2v) is 5.05. The largest absolute Gasteiger partial charge is 0.338 e. The summed E-state index contributed by atoms with van der Waals surface area (Å²) in [6.07, 6.45) is 5.35. The fourth-order valence-corrected chi connectivity index (χ4v) is 2.69. The van der Waals surface area contributed by atoms with Gasteiger partial charge in [-0.25, -0.2) is 0 Å². The van der Waals surface area contributed by atoms with Gasteiger partial charge in [-0.2, -0.15) is 0 Å². The third-order valence-corrected chi connectivity index (χ3v) is 3.79. The van der Waals surface area contributed by atoms with Crippen LogP contribution in [0.4, 0.5) is 0 Å². The molecule has 1 N–H and O–H groups in total. The molecule has 3 heteroatoms. The normalized spacial score (nSPS) is 20.6. The highest BCUT2D eigenvalue weighted by atomic mass is 16.2. The monoisotopic (exact) mass is 240 g/mol. The number of nitrogens with zero attached hydrogens (tertiary/aromatic N) is 1. The molecular weight excluding hydrogens is 212 g/mol. The zero-order chi connectivity index (χ0) is 12.7. The van der Waals surface area contributed by atoms with Crippen molar-refractivity contribution in [3.05, 3.63) is 0 Å². The van der Waals surface area contributed by atoms with E-state index in [-0.39, 0.29) is 5.92 Å². The van der Waals surface area contributed by atoms with E-state index in [1.54, 1.807) is 0 Å². The minimum atomic E-state index is 0.225. The van der Waals surface area contributed by atoms with Crippen molar-refractivity contribution in [1.82, 2.24) is 10.2 Å². The Balaban J connectivity index is 2.65. The van der Waals surface area contributed by atoms with Gasteiger partial charge in [-0.1, -0.05) is 20.8 Å². The van der Waals surface area contributed by atoms with Gasteiger partial charge in [0.25, 0.3) is 0 Å². The second-order valence-electron chi connectivity index (χ2n) is 5.05. The third kappa shape index (κ3) is 3.98. The number of carbonyl (C=O) groups is 1. The van der Waals surface area contributed by atoms with Crippen LogP contribution in [-0.4, -0.2) is 36.5 Å². The lowest BCUT2D eigenvalue weighted by Crippen LogP contribution is -2.50. The summed E-state index contributed by atoms with van der Waals surface area (Å²) in [4.78, 5) is 14.6. The molecule has 1 rings (SSSR count). The SMILES string of the molecule is CCCN(C(=O)C(CC)CC)C1CCCNC1. The van der Waals surface area contributed by atoms with E-state index in [1.807, 2.05) is 0 Å². The summed E-state index contributed by atoms with van der Waals surface area (Å²) in [5.41, 5.74) is 0. The van der Waals surface area contributed by atoms with Crippen molar-refractivity contribution in [2.24, 2.45) is 5.92 Å². The van der Waals surface area contributed by atoms with Gasteiger partial charge < -0.3 is 10.2 Å². The van der Waals surface area contributed by atoms with Crippen molar-refractivity contribution in [1.29, 1.82) is 0 Å². The molecule has 0 aromatic rings. The van der Waals surface area contributed by atoms with Crippen LogP contribution in [0, 0.1) is 5.92 Å². The molecule has 17 heavy (non-hydrogen) atoms. The van der Waals surface area contributed by atoms with Crippen LogP contribution in [0.1, 0.15) is 52.9 Å². The molecule has 1 saturated heterocycles. The third-order valence-electron chi connectivity index (χ3n) is 3.79. The number of amides is 1. The Labute approximate surface area is 106 Å². The van der Waals surface area contributed by atoms with Crippen LogP contribution < -0.4 is 5.32 Å². The minimum Gasteiger partial charge on any atom is -0.338 e. The predicted octanol–water partition coefficient (Wildman–Crippen LogP) is 2.41. The van der Waals surface area contributed by atoms with Crippen molar-refractivity contribution in [3.8, 4) is 0 Å². The van der Waals surface area contributed by atoms with Gasteiger partial charge in [-0.05, 0) is 38.6 Å². The van der Waals surface area contributed by atoms with Crippen molar-refractivity contribution >= 4 is 5.91 Å². The van der Waals surface area contributed by atoms with Gasteiger partial charge in [0.2, 0.25) is 5.91 Å². The van der Waals surface area contributed by atoms with Gasteiger partial charge in [0.05, 0.1) is 0 Å². The summed E-state index contributed by atoms with van der Waals surface area (Å²) < 4.78 is 0. The molecule has 0 radical (unpaired) electrons. The maximum Gasteiger partial charge on any atom is 0.225 e. The van der Waals surface area contributed by atoms with Crippen LogP contribution in [-0.2, 0) is 4.79 Å². The Bertz CT molecular complexity index is 220. The molecule has 0 saturated carbocycles. The number of carbonyl (C=O) groups excluding carboxylic acids is 1. The first-order valence-corrected chi connectivity index (χ1v) is 7.25. The number of nitrogens with one attached hydrogen (secondary N) is 1. The molecule has 1 atom stereocenters. The maximum absolute atomic E-state index is 12.5. The first-order chi connectivity index (χ1) is 8.24. The Morgan fingerprint density at radius 2 is 2.06 bits per heavy atom. The van der Waals surface area contributed by atoms with E-state index in [0.717, 1.165) is 38.9 Å². The van der Waals surface area contributed by atoms with E-state index < -0.39 is 0 Å². The molecule has 100 valence electrons. The zero-order valence-corrected chi connectivity index (χ0v) is 11.7. The molecule has 1 heterocycles. The summed E-state index contributed by atoms with van der Waals surface area (Å²) in [5, 5.41) is 3.41. The molecule has 1 aliphatic rings. The number of rotatable bonds is 6. The summed E-state index contributed by atoms with van der Waals surface area (Å²) in [5.74, 6) is 0.606. The van der Waals surface area contributed by atoms with Crippen LogP contribution in [0.5, 0.6) is 0 Å². The van der Waals surface area contributed by atoms with Crippen molar-refractivity contribution in [2.75, 3.05) is 19.6 Å². The Morgan fingerprint density at radius 3 is 2.53 bits per heavy atom. The lowest BCUT2D eigenvalue weighted by Gasteiger charge is -2.36. The molecule has 0 aromatic heterocycles. The minimum absolute atomic E-state index is 0.225. The molecule has 1 unspecified atom stereocenters.